The number of morpholine rings is 1. The molecule has 0 saturated carbocycles. The third-order valence-electron chi connectivity index (χ3n) is 3.69. The van der Waals surface area contributed by atoms with Crippen LogP contribution < -0.4 is 5.32 Å². The van der Waals surface area contributed by atoms with Crippen molar-refractivity contribution in [2.75, 3.05) is 13.2 Å². The van der Waals surface area contributed by atoms with E-state index in [0.717, 1.165) is 6.42 Å². The van der Waals surface area contributed by atoms with E-state index in [2.05, 4.69) is 5.32 Å². The highest BCUT2D eigenvalue weighted by molar-refractivity contribution is 5.77. The quantitative estimate of drug-likeness (QED) is 0.808. The van der Waals surface area contributed by atoms with Crippen LogP contribution in [0, 0.1) is 5.92 Å². The highest BCUT2D eigenvalue weighted by Gasteiger charge is 2.31. The maximum atomic E-state index is 12.2. The smallest absolute Gasteiger partial charge is 0.318 e. The monoisotopic (exact) mass is 272 g/mol. The van der Waals surface area contributed by atoms with Crippen LogP contribution in [-0.4, -0.2) is 53.3 Å². The molecule has 0 aromatic heterocycles. The molecule has 1 fully saturated rings. The second-order valence-corrected chi connectivity index (χ2v) is 5.22. The first-order chi connectivity index (χ1) is 8.86. The highest BCUT2D eigenvalue weighted by atomic mass is 16.5. The van der Waals surface area contributed by atoms with Gasteiger partial charge in [0.15, 0.2) is 0 Å². The SMILES string of the molecule is CCC1COC(C)CN1C(=O)NC(C)C(C)C(=O)O. The fraction of sp³-hybridized carbons (Fsp3) is 0.846. The number of nitrogens with zero attached hydrogens (tertiary/aromatic N) is 1. The van der Waals surface area contributed by atoms with Gasteiger partial charge in [0.25, 0.3) is 0 Å². The largest absolute Gasteiger partial charge is 0.481 e. The number of nitrogens with one attached hydrogen (secondary N) is 1. The zero-order chi connectivity index (χ0) is 14.6. The Morgan fingerprint density at radius 3 is 2.63 bits per heavy atom. The number of hydrogen-bond acceptors (Lipinski definition) is 3. The second-order valence-electron chi connectivity index (χ2n) is 5.22. The van der Waals surface area contributed by atoms with Gasteiger partial charge in [-0.15, -0.1) is 0 Å². The van der Waals surface area contributed by atoms with E-state index in [9.17, 15) is 9.59 Å². The van der Waals surface area contributed by atoms with Gasteiger partial charge in [-0.05, 0) is 27.2 Å². The molecular formula is C13H24N2O4. The molecule has 19 heavy (non-hydrogen) atoms. The second kappa shape index (κ2) is 6.75. The number of carbonyl (C=O) groups excluding carboxylic acids is 1. The van der Waals surface area contributed by atoms with Gasteiger partial charge in [0.2, 0.25) is 0 Å². The van der Waals surface area contributed by atoms with Crippen molar-refractivity contribution in [1.29, 1.82) is 0 Å². The van der Waals surface area contributed by atoms with E-state index in [-0.39, 0.29) is 18.2 Å². The zero-order valence-corrected chi connectivity index (χ0v) is 12.0. The van der Waals surface area contributed by atoms with Crippen LogP contribution in [0.4, 0.5) is 4.79 Å². The Morgan fingerprint density at radius 1 is 1.47 bits per heavy atom. The summed E-state index contributed by atoms with van der Waals surface area (Å²) in [4.78, 5) is 24.9. The van der Waals surface area contributed by atoms with Crippen molar-refractivity contribution in [3.05, 3.63) is 0 Å². The molecular weight excluding hydrogens is 248 g/mol. The van der Waals surface area contributed by atoms with E-state index >= 15 is 0 Å². The Kier molecular flexibility index (Phi) is 5.60. The molecule has 0 bridgehead atoms. The van der Waals surface area contributed by atoms with Gasteiger partial charge >= 0.3 is 12.0 Å². The average molecular weight is 272 g/mol. The number of urea groups is 1. The van der Waals surface area contributed by atoms with Crippen LogP contribution >= 0.6 is 0 Å². The van der Waals surface area contributed by atoms with Crippen LogP contribution in [0.5, 0.6) is 0 Å². The predicted molar refractivity (Wildman–Crippen MR) is 71.0 cm³/mol. The van der Waals surface area contributed by atoms with Crippen LogP contribution in [0.25, 0.3) is 0 Å². The van der Waals surface area contributed by atoms with Crippen LogP contribution in [0.15, 0.2) is 0 Å². The van der Waals surface area contributed by atoms with Gasteiger partial charge in [-0.25, -0.2) is 4.79 Å². The lowest BCUT2D eigenvalue weighted by molar-refractivity contribution is -0.141. The van der Waals surface area contributed by atoms with Gasteiger partial charge in [0, 0.05) is 12.6 Å². The molecule has 1 heterocycles. The summed E-state index contributed by atoms with van der Waals surface area (Å²) < 4.78 is 5.54. The number of rotatable bonds is 4. The molecule has 0 aromatic carbocycles. The molecule has 0 radical (unpaired) electrons. The van der Waals surface area contributed by atoms with Gasteiger partial charge in [0.05, 0.1) is 24.7 Å². The van der Waals surface area contributed by atoms with Crippen LogP contribution in [-0.2, 0) is 9.53 Å². The van der Waals surface area contributed by atoms with Gasteiger partial charge in [-0.2, -0.15) is 0 Å². The van der Waals surface area contributed by atoms with E-state index in [1.807, 2.05) is 13.8 Å². The van der Waals surface area contributed by atoms with Crippen molar-refractivity contribution in [3.8, 4) is 0 Å². The van der Waals surface area contributed by atoms with Crippen molar-refractivity contribution in [2.24, 2.45) is 5.92 Å². The molecule has 4 unspecified atom stereocenters. The number of carboxylic acids is 1. The summed E-state index contributed by atoms with van der Waals surface area (Å²) in [5, 5.41) is 11.7. The Bertz CT molecular complexity index is 335. The molecule has 0 aromatic rings. The molecule has 0 aliphatic carbocycles. The summed E-state index contributed by atoms with van der Waals surface area (Å²) in [5.74, 6) is -1.52. The number of amides is 2. The number of ether oxygens (including phenoxy) is 1. The number of carboxylic acid groups (broad SMARTS) is 1. The summed E-state index contributed by atoms with van der Waals surface area (Å²) in [6, 6.07) is -0.549. The predicted octanol–water partition coefficient (Wildman–Crippen LogP) is 1.30. The van der Waals surface area contributed by atoms with Crippen molar-refractivity contribution < 1.29 is 19.4 Å². The fourth-order valence-electron chi connectivity index (χ4n) is 2.05. The lowest BCUT2D eigenvalue weighted by Crippen LogP contribution is -2.56. The van der Waals surface area contributed by atoms with E-state index in [0.29, 0.717) is 13.2 Å². The maximum absolute atomic E-state index is 12.2. The van der Waals surface area contributed by atoms with Crippen molar-refractivity contribution in [3.63, 3.8) is 0 Å². The maximum Gasteiger partial charge on any atom is 0.318 e. The van der Waals surface area contributed by atoms with Gasteiger partial charge in [-0.3, -0.25) is 4.79 Å². The molecule has 0 spiro atoms. The first-order valence-corrected chi connectivity index (χ1v) is 6.78. The molecule has 1 aliphatic heterocycles. The van der Waals surface area contributed by atoms with E-state index < -0.39 is 17.9 Å². The highest BCUT2D eigenvalue weighted by Crippen LogP contribution is 2.15. The number of aliphatic carboxylic acids is 1. The summed E-state index contributed by atoms with van der Waals surface area (Å²) in [7, 11) is 0. The summed E-state index contributed by atoms with van der Waals surface area (Å²) in [5.41, 5.74) is 0. The normalized spacial score (nSPS) is 26.6. The number of hydrogen-bond donors (Lipinski definition) is 2. The molecule has 6 nitrogen and oxygen atoms in total. The van der Waals surface area contributed by atoms with Gasteiger partial charge in [0.1, 0.15) is 0 Å². The average Bonchev–Trinajstić information content (AvgIpc) is 2.37. The molecule has 6 heteroatoms. The first-order valence-electron chi connectivity index (χ1n) is 6.78. The van der Waals surface area contributed by atoms with Crippen LogP contribution in [0.1, 0.15) is 34.1 Å². The van der Waals surface area contributed by atoms with Crippen LogP contribution in [0.3, 0.4) is 0 Å². The molecule has 110 valence electrons. The van der Waals surface area contributed by atoms with Crippen molar-refractivity contribution in [2.45, 2.75) is 52.3 Å². The van der Waals surface area contributed by atoms with E-state index in [1.54, 1.807) is 18.7 Å². The minimum atomic E-state index is -0.907. The third kappa shape index (κ3) is 4.09. The standard InChI is InChI=1S/C13H24N2O4/c1-5-11-7-19-8(2)6-15(11)13(18)14-10(4)9(3)12(16)17/h8-11H,5-7H2,1-4H3,(H,14,18)(H,16,17). The van der Waals surface area contributed by atoms with Gasteiger partial charge < -0.3 is 20.1 Å². The van der Waals surface area contributed by atoms with Crippen molar-refractivity contribution >= 4 is 12.0 Å². The summed E-state index contributed by atoms with van der Waals surface area (Å²) in [6.07, 6.45) is 0.837. The molecule has 1 saturated heterocycles. The Labute approximate surface area is 114 Å². The van der Waals surface area contributed by atoms with E-state index in [4.69, 9.17) is 9.84 Å². The lowest BCUT2D eigenvalue weighted by atomic mass is 10.0. The molecule has 4 atom stereocenters. The Morgan fingerprint density at radius 2 is 2.11 bits per heavy atom. The topological polar surface area (TPSA) is 78.9 Å². The Balaban J connectivity index is 2.62. The molecule has 1 rings (SSSR count). The van der Waals surface area contributed by atoms with E-state index in [1.165, 1.54) is 0 Å². The third-order valence-corrected chi connectivity index (χ3v) is 3.69. The zero-order valence-electron chi connectivity index (χ0n) is 12.0. The van der Waals surface area contributed by atoms with Gasteiger partial charge in [-0.1, -0.05) is 6.92 Å². The molecule has 2 amide bonds. The molecule has 1 aliphatic rings. The Hall–Kier alpha value is -1.30. The minimum absolute atomic E-state index is 0.0146. The molecule has 2 N–H and O–H groups in total. The number of carbonyl (C=O) groups is 2. The first kappa shape index (κ1) is 15.8. The van der Waals surface area contributed by atoms with Crippen LogP contribution in [0.2, 0.25) is 0 Å². The fourth-order valence-corrected chi connectivity index (χ4v) is 2.05. The summed E-state index contributed by atoms with van der Waals surface area (Å²) in [6.45, 7) is 8.31. The minimum Gasteiger partial charge on any atom is -0.481 e. The van der Waals surface area contributed by atoms with Crippen molar-refractivity contribution in [1.82, 2.24) is 10.2 Å². The summed E-state index contributed by atoms with van der Waals surface area (Å²) >= 11 is 0. The lowest BCUT2D eigenvalue weighted by Gasteiger charge is -2.39.